The summed E-state index contributed by atoms with van der Waals surface area (Å²) in [6.45, 7) is 9.91. The van der Waals surface area contributed by atoms with Gasteiger partial charge in [-0.15, -0.1) is 0 Å². The van der Waals surface area contributed by atoms with Crippen molar-refractivity contribution in [3.8, 4) is 0 Å². The van der Waals surface area contributed by atoms with E-state index < -0.39 is 0 Å². The van der Waals surface area contributed by atoms with Crippen molar-refractivity contribution in [2.75, 3.05) is 0 Å². The highest BCUT2D eigenvalue weighted by atomic mass is 35.5. The Hall–Kier alpha value is -1.47. The fourth-order valence-electron chi connectivity index (χ4n) is 1.81. The second kappa shape index (κ2) is 6.46. The zero-order valence-corrected chi connectivity index (χ0v) is 12.0. The third kappa shape index (κ3) is 3.78. The van der Waals surface area contributed by atoms with E-state index in [4.69, 9.17) is 17.3 Å². The largest absolute Gasteiger partial charge is 0.402 e. The number of hydrogen-bond donors (Lipinski definition) is 1. The summed E-state index contributed by atoms with van der Waals surface area (Å²) in [5, 5.41) is 0.635. The molecule has 0 aliphatic carbocycles. The van der Waals surface area contributed by atoms with Gasteiger partial charge in [0.05, 0.1) is 5.03 Å². The van der Waals surface area contributed by atoms with E-state index in [1.165, 1.54) is 5.56 Å². The maximum absolute atomic E-state index is 6.33. The van der Waals surface area contributed by atoms with E-state index in [1.807, 2.05) is 26.0 Å². The smallest absolute Gasteiger partial charge is 0.0503 e. The molecule has 1 rings (SSSR count). The highest BCUT2D eigenvalue weighted by Crippen LogP contribution is 2.29. The lowest BCUT2D eigenvalue weighted by molar-refractivity contribution is 1.14. The average molecular weight is 262 g/mol. The third-order valence-corrected chi connectivity index (χ3v) is 2.94. The van der Waals surface area contributed by atoms with Gasteiger partial charge >= 0.3 is 0 Å². The van der Waals surface area contributed by atoms with Gasteiger partial charge in [-0.3, -0.25) is 0 Å². The predicted octanol–water partition coefficient (Wildman–Crippen LogP) is 4.64. The first kappa shape index (κ1) is 14.6. The van der Waals surface area contributed by atoms with Gasteiger partial charge in [0, 0.05) is 11.3 Å². The van der Waals surface area contributed by atoms with E-state index in [-0.39, 0.29) is 0 Å². The number of aryl methyl sites for hydroxylation is 1. The molecular weight excluding hydrogens is 242 g/mol. The molecule has 0 spiro atoms. The first-order valence-corrected chi connectivity index (χ1v) is 6.42. The maximum Gasteiger partial charge on any atom is 0.0503 e. The second-order valence-corrected chi connectivity index (χ2v) is 4.85. The van der Waals surface area contributed by atoms with E-state index >= 15 is 0 Å². The van der Waals surface area contributed by atoms with Crippen molar-refractivity contribution in [3.05, 3.63) is 64.3 Å². The van der Waals surface area contributed by atoms with Crippen LogP contribution >= 0.6 is 11.6 Å². The molecule has 96 valence electrons. The summed E-state index contributed by atoms with van der Waals surface area (Å²) in [6, 6.07) is 8.34. The monoisotopic (exact) mass is 261 g/mol. The number of halogens is 1. The van der Waals surface area contributed by atoms with Crippen LogP contribution in [0.3, 0.4) is 0 Å². The van der Waals surface area contributed by atoms with Crippen LogP contribution in [-0.2, 0) is 6.42 Å². The van der Waals surface area contributed by atoms with Gasteiger partial charge in [-0.2, -0.15) is 0 Å². The van der Waals surface area contributed by atoms with Gasteiger partial charge in [0.2, 0.25) is 0 Å². The molecule has 2 heteroatoms. The molecule has 0 radical (unpaired) electrons. The highest BCUT2D eigenvalue weighted by Gasteiger charge is 2.08. The van der Waals surface area contributed by atoms with E-state index in [0.717, 1.165) is 23.1 Å². The summed E-state index contributed by atoms with van der Waals surface area (Å²) in [5.41, 5.74) is 10.6. The molecule has 0 bridgehead atoms. The van der Waals surface area contributed by atoms with Crippen LogP contribution in [0.5, 0.6) is 0 Å². The average Bonchev–Trinajstić information content (AvgIpc) is 2.28. The summed E-state index contributed by atoms with van der Waals surface area (Å²) in [4.78, 5) is 0. The fourth-order valence-corrected chi connectivity index (χ4v) is 2.25. The Morgan fingerprint density at radius 1 is 1.39 bits per heavy atom. The Balaban J connectivity index is 3.37. The Bertz CT molecular complexity index is 506. The molecule has 1 aromatic carbocycles. The molecule has 0 heterocycles. The number of benzene rings is 1. The number of nitrogens with two attached hydrogens (primary N) is 1. The summed E-state index contributed by atoms with van der Waals surface area (Å²) in [7, 11) is 0. The van der Waals surface area contributed by atoms with Gasteiger partial charge in [0.15, 0.2) is 0 Å². The van der Waals surface area contributed by atoms with Crippen molar-refractivity contribution in [1.82, 2.24) is 0 Å². The molecule has 0 amide bonds. The highest BCUT2D eigenvalue weighted by molar-refractivity contribution is 6.35. The minimum Gasteiger partial charge on any atom is -0.402 e. The van der Waals surface area contributed by atoms with Gasteiger partial charge in [0.25, 0.3) is 0 Å². The molecule has 18 heavy (non-hydrogen) atoms. The summed E-state index contributed by atoms with van der Waals surface area (Å²) in [6.07, 6.45) is 2.77. The molecular formula is C16H20ClN. The SMILES string of the molecule is C=C(C)/C(=C(Cl)\C=C(/C)N)c1cccc(CC)c1. The minimum atomic E-state index is 0.635. The Kier molecular flexibility index (Phi) is 5.24. The van der Waals surface area contributed by atoms with Crippen LogP contribution in [0.25, 0.3) is 5.57 Å². The molecule has 0 aliphatic rings. The predicted molar refractivity (Wildman–Crippen MR) is 81.4 cm³/mol. The maximum atomic E-state index is 6.33. The summed E-state index contributed by atoms with van der Waals surface area (Å²) < 4.78 is 0. The van der Waals surface area contributed by atoms with Crippen molar-refractivity contribution in [1.29, 1.82) is 0 Å². The van der Waals surface area contributed by atoms with Gasteiger partial charge in [-0.05, 0) is 43.0 Å². The molecule has 0 saturated heterocycles. The molecule has 1 nitrogen and oxygen atoms in total. The van der Waals surface area contributed by atoms with Crippen molar-refractivity contribution >= 4 is 17.2 Å². The summed E-state index contributed by atoms with van der Waals surface area (Å²) >= 11 is 6.33. The van der Waals surface area contributed by atoms with Crippen LogP contribution in [0.2, 0.25) is 0 Å². The van der Waals surface area contributed by atoms with Gasteiger partial charge in [0.1, 0.15) is 0 Å². The Morgan fingerprint density at radius 3 is 2.56 bits per heavy atom. The number of hydrogen-bond acceptors (Lipinski definition) is 1. The number of rotatable bonds is 4. The first-order chi connectivity index (χ1) is 8.45. The van der Waals surface area contributed by atoms with Crippen molar-refractivity contribution in [3.63, 3.8) is 0 Å². The quantitative estimate of drug-likeness (QED) is 0.786. The number of allylic oxidation sites excluding steroid dienone is 5. The minimum absolute atomic E-state index is 0.635. The molecule has 0 saturated carbocycles. The standard InChI is InChI=1S/C16H20ClN/c1-5-13-7-6-8-14(10-13)16(11(2)3)15(17)9-12(4)18/h6-10H,2,5,18H2,1,3-4H3/b12-9+,16-15-. The van der Waals surface area contributed by atoms with Crippen LogP contribution in [-0.4, -0.2) is 0 Å². The van der Waals surface area contributed by atoms with Gasteiger partial charge in [-0.1, -0.05) is 49.4 Å². The topological polar surface area (TPSA) is 26.0 Å². The zero-order valence-electron chi connectivity index (χ0n) is 11.3. The van der Waals surface area contributed by atoms with Crippen molar-refractivity contribution in [2.24, 2.45) is 5.73 Å². The lowest BCUT2D eigenvalue weighted by Crippen LogP contribution is -1.94. The van der Waals surface area contributed by atoms with Crippen LogP contribution in [0, 0.1) is 0 Å². The molecule has 0 unspecified atom stereocenters. The molecule has 0 atom stereocenters. The zero-order chi connectivity index (χ0) is 13.7. The molecule has 0 aromatic heterocycles. The molecule has 0 aliphatic heterocycles. The fraction of sp³-hybridized carbons (Fsp3) is 0.250. The van der Waals surface area contributed by atoms with E-state index in [9.17, 15) is 0 Å². The van der Waals surface area contributed by atoms with Gasteiger partial charge in [-0.25, -0.2) is 0 Å². The summed E-state index contributed by atoms with van der Waals surface area (Å²) in [5.74, 6) is 0. The lowest BCUT2D eigenvalue weighted by atomic mass is 9.97. The van der Waals surface area contributed by atoms with Crippen LogP contribution in [0.4, 0.5) is 0 Å². The van der Waals surface area contributed by atoms with Crippen molar-refractivity contribution < 1.29 is 0 Å². The van der Waals surface area contributed by atoms with E-state index in [2.05, 4.69) is 25.6 Å². The molecule has 0 fully saturated rings. The second-order valence-electron chi connectivity index (χ2n) is 4.45. The molecule has 1 aromatic rings. The lowest BCUT2D eigenvalue weighted by Gasteiger charge is -2.11. The van der Waals surface area contributed by atoms with Crippen molar-refractivity contribution in [2.45, 2.75) is 27.2 Å². The van der Waals surface area contributed by atoms with Crippen LogP contribution in [0.15, 0.2) is 53.2 Å². The van der Waals surface area contributed by atoms with E-state index in [1.54, 1.807) is 6.08 Å². The Labute approximate surface area is 115 Å². The normalized spacial score (nSPS) is 13.2. The Morgan fingerprint density at radius 2 is 2.06 bits per heavy atom. The van der Waals surface area contributed by atoms with E-state index in [0.29, 0.717) is 10.7 Å². The van der Waals surface area contributed by atoms with Crippen LogP contribution < -0.4 is 5.73 Å². The molecule has 2 N–H and O–H groups in total. The third-order valence-electron chi connectivity index (χ3n) is 2.64. The first-order valence-electron chi connectivity index (χ1n) is 6.04. The van der Waals surface area contributed by atoms with Gasteiger partial charge < -0.3 is 5.73 Å². The van der Waals surface area contributed by atoms with Crippen LogP contribution in [0.1, 0.15) is 31.9 Å².